The molecule has 2 aromatic rings. The Morgan fingerprint density at radius 3 is 2.92 bits per heavy atom. The van der Waals surface area contributed by atoms with Crippen molar-refractivity contribution in [2.24, 2.45) is 5.92 Å². The van der Waals surface area contributed by atoms with Crippen molar-refractivity contribution in [2.75, 3.05) is 18.0 Å². The summed E-state index contributed by atoms with van der Waals surface area (Å²) in [5.74, 6) is 0.769. The average Bonchev–Trinajstić information content (AvgIpc) is 3.03. The maximum atomic E-state index is 12.3. The van der Waals surface area contributed by atoms with Gasteiger partial charge in [0.05, 0.1) is 11.4 Å². The van der Waals surface area contributed by atoms with Crippen LogP contribution in [-0.2, 0) is 17.8 Å². The molecule has 1 unspecified atom stereocenters. The van der Waals surface area contributed by atoms with Crippen LogP contribution >= 0.6 is 11.3 Å². The molecule has 1 aliphatic heterocycles. The molecule has 134 valence electrons. The van der Waals surface area contributed by atoms with Crippen molar-refractivity contribution in [2.45, 2.75) is 46.6 Å². The molecular weight excluding hydrogens is 330 g/mol. The molecule has 0 spiro atoms. The zero-order chi connectivity index (χ0) is 17.8. The topological polar surface area (TPSA) is 36.4 Å². The standard InChI is InChI=1S/C20H27N3OS/c1-4-17-9-5-6-10-19(17)23(16(3)24)20-21-18(14-25-20)13-22-11-7-8-15(2)12-22/h5-6,9-10,14-15H,4,7-8,11-13H2,1-3H3. The van der Waals surface area contributed by atoms with E-state index in [2.05, 4.69) is 30.2 Å². The normalized spacial score (nSPS) is 18.3. The molecule has 3 rings (SSSR count). The quantitative estimate of drug-likeness (QED) is 0.783. The van der Waals surface area contributed by atoms with Crippen molar-refractivity contribution < 1.29 is 4.79 Å². The van der Waals surface area contributed by atoms with Gasteiger partial charge in [0.1, 0.15) is 0 Å². The number of thiazole rings is 1. The largest absolute Gasteiger partial charge is 0.297 e. The summed E-state index contributed by atoms with van der Waals surface area (Å²) >= 11 is 1.56. The number of piperidine rings is 1. The third-order valence-corrected chi connectivity index (χ3v) is 5.66. The van der Waals surface area contributed by atoms with Gasteiger partial charge in [-0.3, -0.25) is 14.6 Å². The number of likely N-dealkylation sites (tertiary alicyclic amines) is 1. The van der Waals surface area contributed by atoms with Crippen molar-refractivity contribution in [3.8, 4) is 0 Å². The first-order chi connectivity index (χ1) is 12.1. The van der Waals surface area contributed by atoms with Gasteiger partial charge in [0.15, 0.2) is 5.13 Å². The summed E-state index contributed by atoms with van der Waals surface area (Å²) in [5, 5.41) is 2.87. The Labute approximate surface area is 154 Å². The van der Waals surface area contributed by atoms with Gasteiger partial charge in [0.25, 0.3) is 0 Å². The van der Waals surface area contributed by atoms with Crippen LogP contribution in [-0.4, -0.2) is 28.9 Å². The Balaban J connectivity index is 1.81. The molecule has 1 amide bonds. The molecule has 1 saturated heterocycles. The van der Waals surface area contributed by atoms with Crippen LogP contribution in [0.15, 0.2) is 29.6 Å². The summed E-state index contributed by atoms with van der Waals surface area (Å²) in [4.78, 5) is 21.4. The molecule has 4 nitrogen and oxygen atoms in total. The minimum Gasteiger partial charge on any atom is -0.297 e. The monoisotopic (exact) mass is 357 g/mol. The second-order valence-corrected chi connectivity index (χ2v) is 7.78. The highest BCUT2D eigenvalue weighted by Gasteiger charge is 2.22. The zero-order valence-electron chi connectivity index (χ0n) is 15.4. The molecule has 0 radical (unpaired) electrons. The number of para-hydroxylation sites is 1. The maximum absolute atomic E-state index is 12.3. The van der Waals surface area contributed by atoms with Crippen LogP contribution in [0.4, 0.5) is 10.8 Å². The van der Waals surface area contributed by atoms with Crippen LogP contribution in [0, 0.1) is 5.92 Å². The Morgan fingerprint density at radius 2 is 2.20 bits per heavy atom. The second-order valence-electron chi connectivity index (χ2n) is 6.94. The number of nitrogens with zero attached hydrogens (tertiary/aromatic N) is 3. The van der Waals surface area contributed by atoms with E-state index < -0.39 is 0 Å². The second kappa shape index (κ2) is 8.11. The Morgan fingerprint density at radius 1 is 1.40 bits per heavy atom. The lowest BCUT2D eigenvalue weighted by atomic mass is 10.0. The number of carbonyl (C=O) groups is 1. The van der Waals surface area contributed by atoms with Crippen LogP contribution in [0.1, 0.15) is 44.9 Å². The fraction of sp³-hybridized carbons (Fsp3) is 0.500. The molecule has 25 heavy (non-hydrogen) atoms. The molecule has 0 saturated carbocycles. The predicted molar refractivity (Wildman–Crippen MR) is 104 cm³/mol. The molecule has 1 atom stereocenters. The van der Waals surface area contributed by atoms with E-state index in [4.69, 9.17) is 4.98 Å². The van der Waals surface area contributed by atoms with E-state index in [0.29, 0.717) is 0 Å². The van der Waals surface area contributed by atoms with Crippen LogP contribution in [0.25, 0.3) is 0 Å². The Hall–Kier alpha value is -1.72. The summed E-state index contributed by atoms with van der Waals surface area (Å²) in [6.45, 7) is 9.20. The van der Waals surface area contributed by atoms with Gasteiger partial charge < -0.3 is 0 Å². The molecule has 1 aliphatic rings. The maximum Gasteiger partial charge on any atom is 0.230 e. The summed E-state index contributed by atoms with van der Waals surface area (Å²) in [7, 11) is 0. The van der Waals surface area contributed by atoms with Gasteiger partial charge in [0, 0.05) is 25.4 Å². The minimum absolute atomic E-state index is 0.00777. The molecule has 1 fully saturated rings. The SMILES string of the molecule is CCc1ccccc1N(C(C)=O)c1nc(CN2CCCC(C)C2)cs1. The van der Waals surface area contributed by atoms with Gasteiger partial charge in [-0.2, -0.15) is 0 Å². The van der Waals surface area contributed by atoms with Crippen molar-refractivity contribution in [1.29, 1.82) is 0 Å². The number of hydrogen-bond donors (Lipinski definition) is 0. The third kappa shape index (κ3) is 4.28. The molecule has 1 aromatic carbocycles. The fourth-order valence-corrected chi connectivity index (χ4v) is 4.44. The van der Waals surface area contributed by atoms with Gasteiger partial charge in [-0.25, -0.2) is 4.98 Å². The van der Waals surface area contributed by atoms with Gasteiger partial charge >= 0.3 is 0 Å². The number of anilines is 2. The average molecular weight is 358 g/mol. The lowest BCUT2D eigenvalue weighted by Crippen LogP contribution is -2.33. The van der Waals surface area contributed by atoms with E-state index in [1.165, 1.54) is 18.4 Å². The molecule has 1 aromatic heterocycles. The Kier molecular flexibility index (Phi) is 5.86. The highest BCUT2D eigenvalue weighted by atomic mass is 32.1. The van der Waals surface area contributed by atoms with Crippen molar-refractivity contribution in [3.05, 3.63) is 40.9 Å². The van der Waals surface area contributed by atoms with E-state index in [9.17, 15) is 4.79 Å². The number of carbonyl (C=O) groups excluding carboxylic acids is 1. The smallest absolute Gasteiger partial charge is 0.230 e. The number of aromatic nitrogens is 1. The number of rotatable bonds is 5. The van der Waals surface area contributed by atoms with Crippen LogP contribution in [0.3, 0.4) is 0 Å². The van der Waals surface area contributed by atoms with Gasteiger partial charge in [-0.1, -0.05) is 32.0 Å². The highest BCUT2D eigenvalue weighted by Crippen LogP contribution is 2.32. The van der Waals surface area contributed by atoms with E-state index in [1.807, 2.05) is 18.2 Å². The van der Waals surface area contributed by atoms with Crippen molar-refractivity contribution in [1.82, 2.24) is 9.88 Å². The van der Waals surface area contributed by atoms with Gasteiger partial charge in [-0.15, -0.1) is 11.3 Å². The Bertz CT molecular complexity index is 727. The number of amides is 1. The summed E-state index contributed by atoms with van der Waals surface area (Å²) in [5.41, 5.74) is 3.18. The van der Waals surface area contributed by atoms with Crippen molar-refractivity contribution >= 4 is 28.1 Å². The van der Waals surface area contributed by atoms with E-state index in [-0.39, 0.29) is 5.91 Å². The molecule has 5 heteroatoms. The van der Waals surface area contributed by atoms with Gasteiger partial charge in [-0.05, 0) is 43.4 Å². The molecule has 0 aliphatic carbocycles. The zero-order valence-corrected chi connectivity index (χ0v) is 16.2. The van der Waals surface area contributed by atoms with Crippen LogP contribution in [0.2, 0.25) is 0 Å². The summed E-state index contributed by atoms with van der Waals surface area (Å²) < 4.78 is 0. The van der Waals surface area contributed by atoms with E-state index in [1.54, 1.807) is 23.2 Å². The van der Waals surface area contributed by atoms with Crippen LogP contribution < -0.4 is 4.90 Å². The summed E-state index contributed by atoms with van der Waals surface area (Å²) in [6, 6.07) is 8.09. The first-order valence-electron chi connectivity index (χ1n) is 9.13. The van der Waals surface area contributed by atoms with E-state index in [0.717, 1.165) is 48.5 Å². The molecule has 0 N–H and O–H groups in total. The molecule has 2 heterocycles. The van der Waals surface area contributed by atoms with E-state index >= 15 is 0 Å². The number of hydrogen-bond acceptors (Lipinski definition) is 4. The predicted octanol–water partition coefficient (Wildman–Crippen LogP) is 4.62. The highest BCUT2D eigenvalue weighted by molar-refractivity contribution is 7.14. The number of benzene rings is 1. The lowest BCUT2D eigenvalue weighted by molar-refractivity contribution is -0.115. The molecule has 0 bridgehead atoms. The molecular formula is C20H27N3OS. The fourth-order valence-electron chi connectivity index (χ4n) is 3.57. The van der Waals surface area contributed by atoms with Crippen molar-refractivity contribution in [3.63, 3.8) is 0 Å². The number of aryl methyl sites for hydroxylation is 1. The lowest BCUT2D eigenvalue weighted by Gasteiger charge is -2.30. The third-order valence-electron chi connectivity index (χ3n) is 4.79. The summed E-state index contributed by atoms with van der Waals surface area (Å²) in [6.07, 6.45) is 3.48. The first kappa shape index (κ1) is 18.1. The minimum atomic E-state index is 0.00777. The van der Waals surface area contributed by atoms with Crippen LogP contribution in [0.5, 0.6) is 0 Å². The van der Waals surface area contributed by atoms with Gasteiger partial charge in [0.2, 0.25) is 5.91 Å². The first-order valence-corrected chi connectivity index (χ1v) is 10.0.